The number of primary sulfonamides is 1. The van der Waals surface area contributed by atoms with Crippen molar-refractivity contribution in [2.75, 3.05) is 29.7 Å². The number of nitrogen functional groups attached to an aromatic ring is 1. The van der Waals surface area contributed by atoms with E-state index < -0.39 is 10.0 Å². The summed E-state index contributed by atoms with van der Waals surface area (Å²) < 4.78 is 22.8. The molecule has 0 fully saturated rings. The summed E-state index contributed by atoms with van der Waals surface area (Å²) in [6.45, 7) is 2.09. The summed E-state index contributed by atoms with van der Waals surface area (Å²) in [5, 5.41) is 5.15. The lowest BCUT2D eigenvalue weighted by Gasteiger charge is -2.30. The van der Waals surface area contributed by atoms with E-state index in [0.717, 1.165) is 12.2 Å². The average molecular weight is 303 g/mol. The van der Waals surface area contributed by atoms with Crippen LogP contribution in [0.2, 0.25) is 0 Å². The first-order valence-electron chi connectivity index (χ1n) is 5.95. The molecule has 108 valence electrons. The predicted octanol–water partition coefficient (Wildman–Crippen LogP) is 1.49. The number of benzene rings is 1. The van der Waals surface area contributed by atoms with Crippen LogP contribution in [0.4, 0.5) is 11.4 Å². The third-order valence-electron chi connectivity index (χ3n) is 3.09. The Morgan fingerprint density at radius 2 is 2.05 bits per heavy atom. The maximum atomic E-state index is 11.4. The van der Waals surface area contributed by atoms with Crippen molar-refractivity contribution in [1.82, 2.24) is 0 Å². The summed E-state index contributed by atoms with van der Waals surface area (Å²) in [6, 6.07) is 4.84. The molecular weight excluding hydrogens is 282 g/mol. The van der Waals surface area contributed by atoms with E-state index in [1.165, 1.54) is 12.1 Å². The summed E-state index contributed by atoms with van der Waals surface area (Å²) in [5.41, 5.74) is 7.19. The Balaban J connectivity index is 3.18. The molecule has 1 rings (SSSR count). The van der Waals surface area contributed by atoms with E-state index in [1.54, 1.807) is 17.8 Å². The van der Waals surface area contributed by atoms with Crippen LogP contribution < -0.4 is 15.8 Å². The maximum Gasteiger partial charge on any atom is 0.238 e. The summed E-state index contributed by atoms with van der Waals surface area (Å²) in [5.74, 6) is 0.950. The number of rotatable bonds is 6. The molecule has 0 saturated heterocycles. The zero-order valence-electron chi connectivity index (χ0n) is 11.5. The minimum Gasteiger partial charge on any atom is -0.397 e. The number of nitrogens with zero attached hydrogens (tertiary/aromatic N) is 1. The van der Waals surface area contributed by atoms with Crippen molar-refractivity contribution in [1.29, 1.82) is 0 Å². The van der Waals surface area contributed by atoms with Crippen molar-refractivity contribution in [3.05, 3.63) is 18.2 Å². The molecule has 0 aliphatic rings. The minimum atomic E-state index is -3.71. The zero-order valence-corrected chi connectivity index (χ0v) is 13.1. The molecule has 1 unspecified atom stereocenters. The van der Waals surface area contributed by atoms with Gasteiger partial charge in [-0.05, 0) is 30.9 Å². The SMILES string of the molecule is CCC(CSC)N(C)c1cc(S(N)(=O)=O)ccc1N. The Morgan fingerprint density at radius 3 is 2.53 bits per heavy atom. The summed E-state index contributed by atoms with van der Waals surface area (Å²) in [4.78, 5) is 2.10. The van der Waals surface area contributed by atoms with Crippen LogP contribution in [0.5, 0.6) is 0 Å². The van der Waals surface area contributed by atoms with E-state index in [2.05, 4.69) is 6.92 Å². The van der Waals surface area contributed by atoms with Crippen molar-refractivity contribution >= 4 is 33.2 Å². The van der Waals surface area contributed by atoms with Gasteiger partial charge in [0.15, 0.2) is 0 Å². The van der Waals surface area contributed by atoms with Gasteiger partial charge in [-0.1, -0.05) is 6.92 Å². The molecule has 0 amide bonds. The van der Waals surface area contributed by atoms with E-state index in [9.17, 15) is 8.42 Å². The van der Waals surface area contributed by atoms with Gasteiger partial charge < -0.3 is 10.6 Å². The Hall–Kier alpha value is -0.920. The highest BCUT2D eigenvalue weighted by atomic mass is 32.2. The molecule has 1 aromatic rings. The Labute approximate surface area is 119 Å². The van der Waals surface area contributed by atoms with Crippen molar-refractivity contribution < 1.29 is 8.42 Å². The molecular formula is C12H21N3O2S2. The first-order chi connectivity index (χ1) is 8.81. The maximum absolute atomic E-state index is 11.4. The zero-order chi connectivity index (χ0) is 14.6. The normalized spacial score (nSPS) is 13.3. The summed E-state index contributed by atoms with van der Waals surface area (Å²) in [7, 11) is -1.79. The number of sulfonamides is 1. The molecule has 7 heteroatoms. The molecule has 5 nitrogen and oxygen atoms in total. The van der Waals surface area contributed by atoms with Gasteiger partial charge >= 0.3 is 0 Å². The van der Waals surface area contributed by atoms with Crippen molar-refractivity contribution in [3.63, 3.8) is 0 Å². The fourth-order valence-electron chi connectivity index (χ4n) is 1.90. The fourth-order valence-corrected chi connectivity index (χ4v) is 3.28. The van der Waals surface area contributed by atoms with Crippen LogP contribution in [0.3, 0.4) is 0 Å². The third-order valence-corrected chi connectivity index (χ3v) is 4.72. The first kappa shape index (κ1) is 16.1. The quantitative estimate of drug-likeness (QED) is 0.777. The van der Waals surface area contributed by atoms with Gasteiger partial charge in [0.1, 0.15) is 0 Å². The van der Waals surface area contributed by atoms with Gasteiger partial charge in [0.2, 0.25) is 10.0 Å². The van der Waals surface area contributed by atoms with Gasteiger partial charge in [0.25, 0.3) is 0 Å². The van der Waals surface area contributed by atoms with Crippen LogP contribution in [0.15, 0.2) is 23.1 Å². The second kappa shape index (κ2) is 6.49. The minimum absolute atomic E-state index is 0.0857. The number of anilines is 2. The topological polar surface area (TPSA) is 89.4 Å². The highest BCUT2D eigenvalue weighted by molar-refractivity contribution is 7.98. The lowest BCUT2D eigenvalue weighted by Crippen LogP contribution is -2.33. The van der Waals surface area contributed by atoms with Crippen LogP contribution in [0.25, 0.3) is 0 Å². The van der Waals surface area contributed by atoms with E-state index >= 15 is 0 Å². The molecule has 19 heavy (non-hydrogen) atoms. The van der Waals surface area contributed by atoms with Gasteiger partial charge in [-0.3, -0.25) is 0 Å². The van der Waals surface area contributed by atoms with E-state index in [1.807, 2.05) is 18.2 Å². The number of hydrogen-bond donors (Lipinski definition) is 2. The Bertz CT molecular complexity index is 532. The molecule has 0 radical (unpaired) electrons. The van der Waals surface area contributed by atoms with Gasteiger partial charge in [-0.25, -0.2) is 13.6 Å². The molecule has 4 N–H and O–H groups in total. The highest BCUT2D eigenvalue weighted by Gasteiger charge is 2.17. The fraction of sp³-hybridized carbons (Fsp3) is 0.500. The molecule has 0 aliphatic heterocycles. The standard InChI is InChI=1S/C12H21N3O2S2/c1-4-9(8-18-3)15(2)12-7-10(19(14,16)17)5-6-11(12)13/h5-7,9H,4,8,13H2,1-3H3,(H2,14,16,17). The molecule has 0 spiro atoms. The van der Waals surface area contributed by atoms with E-state index in [0.29, 0.717) is 17.4 Å². The third kappa shape index (κ3) is 4.02. The van der Waals surface area contributed by atoms with Crippen LogP contribution >= 0.6 is 11.8 Å². The summed E-state index contributed by atoms with van der Waals surface area (Å²) >= 11 is 1.75. The van der Waals surface area contributed by atoms with Gasteiger partial charge in [0, 0.05) is 18.8 Å². The molecule has 0 aromatic heterocycles. The predicted molar refractivity (Wildman–Crippen MR) is 83.1 cm³/mol. The van der Waals surface area contributed by atoms with Crippen LogP contribution in [-0.4, -0.2) is 33.5 Å². The van der Waals surface area contributed by atoms with Crippen LogP contribution in [0, 0.1) is 0 Å². The van der Waals surface area contributed by atoms with Crippen molar-refractivity contribution in [2.45, 2.75) is 24.3 Å². The van der Waals surface area contributed by atoms with E-state index in [4.69, 9.17) is 10.9 Å². The Morgan fingerprint density at radius 1 is 1.42 bits per heavy atom. The number of nitrogens with two attached hydrogens (primary N) is 2. The van der Waals surface area contributed by atoms with Crippen molar-refractivity contribution in [2.24, 2.45) is 5.14 Å². The largest absolute Gasteiger partial charge is 0.397 e. The molecule has 0 aliphatic carbocycles. The molecule has 0 saturated carbocycles. The van der Waals surface area contributed by atoms with Gasteiger partial charge in [-0.15, -0.1) is 0 Å². The molecule has 0 heterocycles. The smallest absolute Gasteiger partial charge is 0.238 e. The number of hydrogen-bond acceptors (Lipinski definition) is 5. The summed E-state index contributed by atoms with van der Waals surface area (Å²) in [6.07, 6.45) is 3.00. The second-order valence-electron chi connectivity index (χ2n) is 4.39. The number of thioether (sulfide) groups is 1. The highest BCUT2D eigenvalue weighted by Crippen LogP contribution is 2.28. The second-order valence-corrected chi connectivity index (χ2v) is 6.87. The lowest BCUT2D eigenvalue weighted by molar-refractivity contribution is 0.597. The van der Waals surface area contributed by atoms with Crippen LogP contribution in [0.1, 0.15) is 13.3 Å². The molecule has 0 bridgehead atoms. The van der Waals surface area contributed by atoms with Crippen molar-refractivity contribution in [3.8, 4) is 0 Å². The van der Waals surface area contributed by atoms with Gasteiger partial charge in [-0.2, -0.15) is 11.8 Å². The van der Waals surface area contributed by atoms with E-state index in [-0.39, 0.29) is 4.90 Å². The monoisotopic (exact) mass is 303 g/mol. The first-order valence-corrected chi connectivity index (χ1v) is 8.89. The van der Waals surface area contributed by atoms with Gasteiger partial charge in [0.05, 0.1) is 16.3 Å². The molecule has 1 aromatic carbocycles. The lowest BCUT2D eigenvalue weighted by atomic mass is 10.2. The average Bonchev–Trinajstić information content (AvgIpc) is 2.34. The molecule has 1 atom stereocenters. The van der Waals surface area contributed by atoms with Crippen LogP contribution in [-0.2, 0) is 10.0 Å². The Kier molecular flexibility index (Phi) is 5.51.